The van der Waals surface area contributed by atoms with Gasteiger partial charge in [0, 0.05) is 31.7 Å². The van der Waals surface area contributed by atoms with E-state index in [2.05, 4.69) is 60.3 Å². The molecule has 2 heteroatoms. The molecule has 0 amide bonds. The van der Waals surface area contributed by atoms with Gasteiger partial charge < -0.3 is 4.90 Å². The van der Waals surface area contributed by atoms with Crippen molar-refractivity contribution in [2.24, 2.45) is 0 Å². The molecule has 35 heavy (non-hydrogen) atoms. The minimum absolute atomic E-state index is 1.15. The van der Waals surface area contributed by atoms with Gasteiger partial charge in [-0.3, -0.25) is 4.98 Å². The van der Waals surface area contributed by atoms with Gasteiger partial charge in [0.05, 0.1) is 0 Å². The number of allylic oxidation sites excluding steroid dienone is 1. The predicted molar refractivity (Wildman–Crippen MR) is 155 cm³/mol. The highest BCUT2D eigenvalue weighted by molar-refractivity contribution is 5.83. The fraction of sp³-hybridized carbons (Fsp3) is 0.606. The summed E-state index contributed by atoms with van der Waals surface area (Å²) in [4.78, 5) is 6.72. The van der Waals surface area contributed by atoms with E-state index in [0.29, 0.717) is 0 Å². The first-order valence-electron chi connectivity index (χ1n) is 14.7. The van der Waals surface area contributed by atoms with Crippen molar-refractivity contribution in [3.8, 4) is 0 Å². The number of anilines is 1. The van der Waals surface area contributed by atoms with Crippen molar-refractivity contribution in [3.63, 3.8) is 0 Å². The lowest BCUT2D eigenvalue weighted by Gasteiger charge is -2.20. The minimum Gasteiger partial charge on any atom is -0.375 e. The van der Waals surface area contributed by atoms with Crippen molar-refractivity contribution in [3.05, 3.63) is 59.4 Å². The van der Waals surface area contributed by atoms with Gasteiger partial charge in [0.15, 0.2) is 0 Å². The van der Waals surface area contributed by atoms with Gasteiger partial charge in [-0.2, -0.15) is 0 Å². The smallest absolute Gasteiger partial charge is 0.0364 e. The van der Waals surface area contributed by atoms with E-state index in [1.165, 1.54) is 124 Å². The van der Waals surface area contributed by atoms with Crippen LogP contribution in [0.25, 0.3) is 11.6 Å². The van der Waals surface area contributed by atoms with Crippen LogP contribution in [0.15, 0.2) is 42.7 Å². The van der Waals surface area contributed by atoms with Crippen molar-refractivity contribution in [1.82, 2.24) is 4.98 Å². The number of aromatic nitrogens is 1. The van der Waals surface area contributed by atoms with E-state index >= 15 is 0 Å². The Balaban J connectivity index is 1.25. The van der Waals surface area contributed by atoms with E-state index < -0.39 is 0 Å². The van der Waals surface area contributed by atoms with Crippen LogP contribution in [0.2, 0.25) is 0 Å². The molecule has 1 aliphatic carbocycles. The molecule has 0 saturated heterocycles. The normalized spacial score (nSPS) is 14.3. The summed E-state index contributed by atoms with van der Waals surface area (Å²) < 4.78 is 0. The predicted octanol–water partition coefficient (Wildman–Crippen LogP) is 9.88. The van der Waals surface area contributed by atoms with Gasteiger partial charge in [0.1, 0.15) is 0 Å². The Hall–Kier alpha value is -2.09. The number of nitrogens with zero attached hydrogens (tertiary/aromatic N) is 2. The average molecular weight is 475 g/mol. The van der Waals surface area contributed by atoms with E-state index in [4.69, 9.17) is 0 Å². The number of hydrogen-bond acceptors (Lipinski definition) is 2. The molecule has 0 radical (unpaired) electrons. The molecule has 0 atom stereocenters. The molecule has 192 valence electrons. The van der Waals surface area contributed by atoms with Gasteiger partial charge in [0.2, 0.25) is 0 Å². The number of aryl methyl sites for hydroxylation is 1. The van der Waals surface area contributed by atoms with Crippen LogP contribution >= 0.6 is 0 Å². The van der Waals surface area contributed by atoms with E-state index in [1.807, 2.05) is 12.4 Å². The zero-order valence-corrected chi connectivity index (χ0v) is 22.7. The first-order valence-corrected chi connectivity index (χ1v) is 14.7. The van der Waals surface area contributed by atoms with Crippen LogP contribution in [0.1, 0.15) is 126 Å². The Morgan fingerprint density at radius 1 is 0.743 bits per heavy atom. The molecule has 0 spiro atoms. The number of pyridine rings is 1. The van der Waals surface area contributed by atoms with Crippen molar-refractivity contribution >= 4 is 17.3 Å². The molecule has 0 bridgehead atoms. The first-order chi connectivity index (χ1) is 17.3. The molecule has 0 saturated carbocycles. The molecule has 0 N–H and O–H groups in total. The van der Waals surface area contributed by atoms with Crippen LogP contribution in [0, 0.1) is 0 Å². The summed E-state index contributed by atoms with van der Waals surface area (Å²) in [5.41, 5.74) is 6.88. The second kappa shape index (κ2) is 16.6. The molecule has 0 unspecified atom stereocenters. The standard InChI is InChI=1S/C33H50N2/c1-3-4-5-6-7-8-9-10-11-12-13-14-15-16-26-35(2)32-22-20-29(21-23-32)27-30-18-17-19-31-28-34-25-24-33(30)31/h20-25,27-28H,3-19,26H2,1-2H3/b30-27+. The van der Waals surface area contributed by atoms with E-state index in [0.717, 1.165) is 19.4 Å². The summed E-state index contributed by atoms with van der Waals surface area (Å²) in [7, 11) is 2.24. The number of rotatable bonds is 17. The van der Waals surface area contributed by atoms with Gasteiger partial charge in [-0.15, -0.1) is 0 Å². The third-order valence-corrected chi connectivity index (χ3v) is 7.66. The monoisotopic (exact) mass is 474 g/mol. The molecule has 2 aromatic rings. The zero-order valence-electron chi connectivity index (χ0n) is 22.7. The summed E-state index contributed by atoms with van der Waals surface area (Å²) in [6.07, 6.45) is 29.7. The Morgan fingerprint density at radius 3 is 1.97 bits per heavy atom. The number of hydrogen-bond donors (Lipinski definition) is 0. The maximum Gasteiger partial charge on any atom is 0.0364 e. The topological polar surface area (TPSA) is 16.1 Å². The molecular formula is C33H50N2. The lowest BCUT2D eigenvalue weighted by molar-refractivity contribution is 0.535. The van der Waals surface area contributed by atoms with Gasteiger partial charge in [-0.1, -0.05) is 109 Å². The summed E-state index contributed by atoms with van der Waals surface area (Å²) in [6.45, 7) is 3.45. The first kappa shape index (κ1) is 27.5. The largest absolute Gasteiger partial charge is 0.375 e. The van der Waals surface area contributed by atoms with Gasteiger partial charge >= 0.3 is 0 Å². The molecule has 2 nitrogen and oxygen atoms in total. The second-order valence-electron chi connectivity index (χ2n) is 10.7. The lowest BCUT2D eigenvalue weighted by atomic mass is 9.88. The Labute approximate surface area is 216 Å². The van der Waals surface area contributed by atoms with Crippen LogP contribution < -0.4 is 4.90 Å². The Kier molecular flexibility index (Phi) is 13.0. The number of fused-ring (bicyclic) bond motifs is 1. The molecule has 0 fully saturated rings. The molecule has 0 aliphatic heterocycles. The minimum atomic E-state index is 1.15. The maximum atomic E-state index is 4.31. The van der Waals surface area contributed by atoms with Crippen LogP contribution in [-0.2, 0) is 6.42 Å². The quantitative estimate of drug-likeness (QED) is 0.212. The molecule has 3 rings (SSSR count). The van der Waals surface area contributed by atoms with E-state index in [1.54, 1.807) is 0 Å². The number of benzene rings is 1. The molecule has 1 heterocycles. The summed E-state index contributed by atoms with van der Waals surface area (Å²) in [5, 5.41) is 0. The van der Waals surface area contributed by atoms with Gasteiger partial charge in [0.25, 0.3) is 0 Å². The molecule has 1 aromatic heterocycles. The van der Waals surface area contributed by atoms with E-state index in [-0.39, 0.29) is 0 Å². The third kappa shape index (κ3) is 10.2. The Bertz CT molecular complexity index is 852. The van der Waals surface area contributed by atoms with Crippen molar-refractivity contribution < 1.29 is 0 Å². The van der Waals surface area contributed by atoms with Crippen LogP contribution in [-0.4, -0.2) is 18.6 Å². The second-order valence-corrected chi connectivity index (χ2v) is 10.7. The summed E-state index contributed by atoms with van der Waals surface area (Å²) in [6, 6.07) is 11.3. The highest BCUT2D eigenvalue weighted by Gasteiger charge is 2.13. The SMILES string of the molecule is CCCCCCCCCCCCCCCCN(C)c1ccc(/C=C2\CCCc3cnccc32)cc1. The number of unbranched alkanes of at least 4 members (excludes halogenated alkanes) is 13. The average Bonchev–Trinajstić information content (AvgIpc) is 2.89. The van der Waals surface area contributed by atoms with Crippen LogP contribution in [0.3, 0.4) is 0 Å². The highest BCUT2D eigenvalue weighted by atomic mass is 15.1. The maximum absolute atomic E-state index is 4.31. The zero-order chi connectivity index (χ0) is 24.6. The fourth-order valence-electron chi connectivity index (χ4n) is 5.39. The molecule has 1 aromatic carbocycles. The van der Waals surface area contributed by atoms with Crippen molar-refractivity contribution in [2.45, 2.75) is 116 Å². The van der Waals surface area contributed by atoms with E-state index in [9.17, 15) is 0 Å². The summed E-state index contributed by atoms with van der Waals surface area (Å²) in [5.74, 6) is 0. The van der Waals surface area contributed by atoms with Crippen molar-refractivity contribution in [2.75, 3.05) is 18.5 Å². The molecular weight excluding hydrogens is 424 g/mol. The lowest BCUT2D eigenvalue weighted by Crippen LogP contribution is -2.18. The van der Waals surface area contributed by atoms with Gasteiger partial charge in [-0.25, -0.2) is 0 Å². The summed E-state index contributed by atoms with van der Waals surface area (Å²) >= 11 is 0. The fourth-order valence-corrected chi connectivity index (χ4v) is 5.39. The molecule has 1 aliphatic rings. The van der Waals surface area contributed by atoms with Gasteiger partial charge in [-0.05, 0) is 66.1 Å². The Morgan fingerprint density at radius 2 is 1.34 bits per heavy atom. The third-order valence-electron chi connectivity index (χ3n) is 7.66. The van der Waals surface area contributed by atoms with Crippen LogP contribution in [0.4, 0.5) is 5.69 Å². The van der Waals surface area contributed by atoms with Crippen molar-refractivity contribution in [1.29, 1.82) is 0 Å². The van der Waals surface area contributed by atoms with Crippen LogP contribution in [0.5, 0.6) is 0 Å². The highest BCUT2D eigenvalue weighted by Crippen LogP contribution is 2.32.